The lowest BCUT2D eigenvalue weighted by Gasteiger charge is -2.11. The Balaban J connectivity index is 1.70. The minimum Gasteiger partial charge on any atom is -0.493 e. The maximum atomic E-state index is 12.5. The van der Waals surface area contributed by atoms with Gasteiger partial charge in [-0.2, -0.15) is 5.10 Å². The van der Waals surface area contributed by atoms with Gasteiger partial charge in [0.25, 0.3) is 5.91 Å². The number of amides is 1. The molecule has 7 heteroatoms. The monoisotopic (exact) mass is 385 g/mol. The molecule has 2 aromatic carbocycles. The van der Waals surface area contributed by atoms with Crippen LogP contribution in [0.5, 0.6) is 11.5 Å². The Bertz CT molecular complexity index is 940. The summed E-state index contributed by atoms with van der Waals surface area (Å²) in [5, 5.41) is 7.74. The number of nitrogens with one attached hydrogen (secondary N) is 1. The first-order chi connectivity index (χ1) is 13.1. The van der Waals surface area contributed by atoms with Gasteiger partial charge in [0.15, 0.2) is 11.5 Å². The number of aromatic nitrogens is 2. The van der Waals surface area contributed by atoms with Gasteiger partial charge in [0.2, 0.25) is 0 Å². The fourth-order valence-electron chi connectivity index (χ4n) is 2.59. The summed E-state index contributed by atoms with van der Waals surface area (Å²) in [4.78, 5) is 12.5. The number of nitrogens with zero attached hydrogens (tertiary/aromatic N) is 2. The van der Waals surface area contributed by atoms with E-state index in [1.807, 2.05) is 31.2 Å². The van der Waals surface area contributed by atoms with Crippen LogP contribution in [0.2, 0.25) is 5.02 Å². The van der Waals surface area contributed by atoms with Gasteiger partial charge in [0.1, 0.15) is 0 Å². The molecule has 0 saturated heterocycles. The Morgan fingerprint density at radius 2 is 2.04 bits per heavy atom. The van der Waals surface area contributed by atoms with Crippen LogP contribution in [-0.2, 0) is 6.54 Å². The summed E-state index contributed by atoms with van der Waals surface area (Å²) in [6.45, 7) is 2.92. The zero-order chi connectivity index (χ0) is 19.2. The highest BCUT2D eigenvalue weighted by molar-refractivity contribution is 6.31. The summed E-state index contributed by atoms with van der Waals surface area (Å²) in [6, 6.07) is 12.8. The summed E-state index contributed by atoms with van der Waals surface area (Å²) >= 11 is 6.17. The quantitative estimate of drug-likeness (QED) is 0.660. The zero-order valence-corrected chi connectivity index (χ0v) is 15.9. The molecule has 0 radical (unpaired) electrons. The van der Waals surface area contributed by atoms with Crippen LogP contribution in [0.4, 0.5) is 5.69 Å². The smallest absolute Gasteiger partial charge is 0.258 e. The van der Waals surface area contributed by atoms with Gasteiger partial charge in [-0.1, -0.05) is 29.8 Å². The van der Waals surface area contributed by atoms with E-state index in [0.29, 0.717) is 40.9 Å². The van der Waals surface area contributed by atoms with Gasteiger partial charge in [-0.25, -0.2) is 0 Å². The Hall–Kier alpha value is -2.99. The van der Waals surface area contributed by atoms with Crippen LogP contribution >= 0.6 is 11.6 Å². The molecule has 0 aliphatic rings. The number of hydrogen-bond donors (Lipinski definition) is 1. The molecule has 0 aliphatic heterocycles. The van der Waals surface area contributed by atoms with E-state index in [0.717, 1.165) is 5.56 Å². The van der Waals surface area contributed by atoms with Crippen molar-refractivity contribution in [3.05, 3.63) is 71.0 Å². The highest BCUT2D eigenvalue weighted by atomic mass is 35.5. The van der Waals surface area contributed by atoms with Crippen LogP contribution in [0.15, 0.2) is 54.9 Å². The number of benzene rings is 2. The molecule has 140 valence electrons. The lowest BCUT2D eigenvalue weighted by Crippen LogP contribution is -2.11. The van der Waals surface area contributed by atoms with Crippen molar-refractivity contribution in [2.45, 2.75) is 13.5 Å². The third kappa shape index (κ3) is 4.60. The predicted octanol–water partition coefficient (Wildman–Crippen LogP) is 4.24. The largest absolute Gasteiger partial charge is 0.493 e. The first kappa shape index (κ1) is 18.8. The zero-order valence-electron chi connectivity index (χ0n) is 15.1. The summed E-state index contributed by atoms with van der Waals surface area (Å²) in [5.74, 6) is 0.932. The first-order valence-electron chi connectivity index (χ1n) is 8.48. The van der Waals surface area contributed by atoms with Crippen LogP contribution in [0.1, 0.15) is 22.8 Å². The molecule has 0 fully saturated rings. The van der Waals surface area contributed by atoms with Crippen LogP contribution in [0.3, 0.4) is 0 Å². The molecule has 1 heterocycles. The van der Waals surface area contributed by atoms with Crippen molar-refractivity contribution in [2.75, 3.05) is 19.0 Å². The molecule has 0 spiro atoms. The molecule has 0 saturated carbocycles. The highest BCUT2D eigenvalue weighted by Crippen LogP contribution is 2.30. The standard InChI is InChI=1S/C20H20ClN3O3/c1-3-27-18-9-8-16(10-19(18)26-2)23-20(25)15-11-22-24(13-15)12-14-6-4-5-7-17(14)21/h4-11,13H,3,12H2,1-2H3,(H,23,25). The number of carbonyl (C=O) groups is 1. The molecule has 0 bridgehead atoms. The number of anilines is 1. The maximum absolute atomic E-state index is 12.5. The number of halogens is 1. The van der Waals surface area contributed by atoms with Gasteiger partial charge in [0, 0.05) is 23.0 Å². The highest BCUT2D eigenvalue weighted by Gasteiger charge is 2.12. The van der Waals surface area contributed by atoms with Gasteiger partial charge >= 0.3 is 0 Å². The topological polar surface area (TPSA) is 65.4 Å². The van der Waals surface area contributed by atoms with Crippen molar-refractivity contribution in [1.29, 1.82) is 0 Å². The summed E-state index contributed by atoms with van der Waals surface area (Å²) in [5.41, 5.74) is 2.00. The van der Waals surface area contributed by atoms with Crippen molar-refractivity contribution in [3.63, 3.8) is 0 Å². The lowest BCUT2D eigenvalue weighted by molar-refractivity contribution is 0.102. The molecular formula is C20H20ClN3O3. The predicted molar refractivity (Wildman–Crippen MR) is 105 cm³/mol. The molecule has 0 unspecified atom stereocenters. The average Bonchev–Trinajstić information content (AvgIpc) is 3.14. The second kappa shape index (κ2) is 8.60. The van der Waals surface area contributed by atoms with E-state index in [1.54, 1.807) is 36.2 Å². The number of hydrogen-bond acceptors (Lipinski definition) is 4. The van der Waals surface area contributed by atoms with Gasteiger partial charge in [-0.15, -0.1) is 0 Å². The number of ether oxygens (including phenoxy) is 2. The fraction of sp³-hybridized carbons (Fsp3) is 0.200. The van der Waals surface area contributed by atoms with Crippen molar-refractivity contribution in [1.82, 2.24) is 9.78 Å². The van der Waals surface area contributed by atoms with Gasteiger partial charge < -0.3 is 14.8 Å². The molecule has 0 atom stereocenters. The van der Waals surface area contributed by atoms with Crippen molar-refractivity contribution >= 4 is 23.2 Å². The van der Waals surface area contributed by atoms with Crippen molar-refractivity contribution in [2.24, 2.45) is 0 Å². The lowest BCUT2D eigenvalue weighted by atomic mass is 10.2. The Morgan fingerprint density at radius 3 is 2.78 bits per heavy atom. The first-order valence-corrected chi connectivity index (χ1v) is 8.86. The van der Waals surface area contributed by atoms with E-state index in [1.165, 1.54) is 6.20 Å². The van der Waals surface area contributed by atoms with Crippen molar-refractivity contribution < 1.29 is 14.3 Å². The minimum atomic E-state index is -0.258. The molecule has 1 aromatic heterocycles. The Morgan fingerprint density at radius 1 is 1.22 bits per heavy atom. The van der Waals surface area contributed by atoms with Crippen molar-refractivity contribution in [3.8, 4) is 11.5 Å². The van der Waals surface area contributed by atoms with E-state index in [2.05, 4.69) is 10.4 Å². The Labute approximate surface area is 162 Å². The minimum absolute atomic E-state index is 0.258. The third-order valence-corrected chi connectivity index (χ3v) is 4.28. The summed E-state index contributed by atoms with van der Waals surface area (Å²) < 4.78 is 12.5. The molecule has 0 aliphatic carbocycles. The van der Waals surface area contributed by atoms with E-state index in [-0.39, 0.29) is 5.91 Å². The third-order valence-electron chi connectivity index (χ3n) is 3.91. The number of rotatable bonds is 7. The molecule has 27 heavy (non-hydrogen) atoms. The molecule has 3 aromatic rings. The maximum Gasteiger partial charge on any atom is 0.258 e. The van der Waals surface area contributed by atoms with Crippen LogP contribution < -0.4 is 14.8 Å². The fourth-order valence-corrected chi connectivity index (χ4v) is 2.79. The summed E-state index contributed by atoms with van der Waals surface area (Å²) in [7, 11) is 1.56. The second-order valence-electron chi connectivity index (χ2n) is 5.77. The van der Waals surface area contributed by atoms with E-state index in [4.69, 9.17) is 21.1 Å². The molecule has 1 N–H and O–H groups in total. The van der Waals surface area contributed by atoms with Gasteiger partial charge in [-0.05, 0) is 30.7 Å². The average molecular weight is 386 g/mol. The molecule has 3 rings (SSSR count). The number of carbonyl (C=O) groups excluding carboxylic acids is 1. The normalized spacial score (nSPS) is 10.5. The van der Waals surface area contributed by atoms with Crippen LogP contribution in [0, 0.1) is 0 Å². The summed E-state index contributed by atoms with van der Waals surface area (Å²) in [6.07, 6.45) is 3.21. The molecule has 1 amide bonds. The number of methoxy groups -OCH3 is 1. The van der Waals surface area contributed by atoms with Gasteiger partial charge in [-0.3, -0.25) is 9.48 Å². The molecule has 6 nitrogen and oxygen atoms in total. The second-order valence-corrected chi connectivity index (χ2v) is 6.18. The molecular weight excluding hydrogens is 366 g/mol. The SMILES string of the molecule is CCOc1ccc(NC(=O)c2cnn(Cc3ccccc3Cl)c2)cc1OC. The van der Waals surface area contributed by atoms with Crippen LogP contribution in [-0.4, -0.2) is 29.4 Å². The van der Waals surface area contributed by atoms with E-state index >= 15 is 0 Å². The van der Waals surface area contributed by atoms with E-state index < -0.39 is 0 Å². The van der Waals surface area contributed by atoms with Gasteiger partial charge in [0.05, 0.1) is 32.0 Å². The van der Waals surface area contributed by atoms with Crippen LogP contribution in [0.25, 0.3) is 0 Å². The Kier molecular flexibility index (Phi) is 5.98. The van der Waals surface area contributed by atoms with E-state index in [9.17, 15) is 4.79 Å².